The molecule has 0 aromatic heterocycles. The third-order valence-corrected chi connectivity index (χ3v) is 6.07. The average molecular weight is 377 g/mol. The standard InChI is InChI=1S/C21H44O3S/c1-3-5-7-9-11-12-13-14-15-16-18-20-24-25(22,23)21-19-17-10-8-6-4-2/h3-21H2,1-2H3. The van der Waals surface area contributed by atoms with Gasteiger partial charge in [-0.1, -0.05) is 110 Å². The Morgan fingerprint density at radius 1 is 0.520 bits per heavy atom. The van der Waals surface area contributed by atoms with Crippen molar-refractivity contribution in [2.45, 2.75) is 123 Å². The highest BCUT2D eigenvalue weighted by molar-refractivity contribution is 7.86. The third kappa shape index (κ3) is 20.1. The van der Waals surface area contributed by atoms with Gasteiger partial charge in [0.15, 0.2) is 0 Å². The van der Waals surface area contributed by atoms with Gasteiger partial charge in [-0.2, -0.15) is 8.42 Å². The molecule has 0 rings (SSSR count). The van der Waals surface area contributed by atoms with Crippen molar-refractivity contribution in [3.8, 4) is 0 Å². The number of hydrogen-bond acceptors (Lipinski definition) is 3. The molecule has 0 bridgehead atoms. The molecule has 0 spiro atoms. The lowest BCUT2D eigenvalue weighted by Gasteiger charge is -2.06. The van der Waals surface area contributed by atoms with Gasteiger partial charge < -0.3 is 0 Å². The monoisotopic (exact) mass is 376 g/mol. The van der Waals surface area contributed by atoms with Crippen LogP contribution in [0.15, 0.2) is 0 Å². The molecule has 0 unspecified atom stereocenters. The van der Waals surface area contributed by atoms with Crippen molar-refractivity contribution in [3.05, 3.63) is 0 Å². The van der Waals surface area contributed by atoms with Gasteiger partial charge in [0, 0.05) is 0 Å². The summed E-state index contributed by atoms with van der Waals surface area (Å²) in [4.78, 5) is 0. The minimum Gasteiger partial charge on any atom is -0.270 e. The Balaban J connectivity index is 3.31. The summed E-state index contributed by atoms with van der Waals surface area (Å²) in [5.74, 6) is 0.192. The number of unbranched alkanes of at least 4 members (excludes halogenated alkanes) is 15. The molecule has 25 heavy (non-hydrogen) atoms. The Kier molecular flexibility index (Phi) is 18.6. The van der Waals surface area contributed by atoms with E-state index in [1.54, 1.807) is 0 Å². The Hall–Kier alpha value is -0.0900. The quantitative estimate of drug-likeness (QED) is 0.170. The van der Waals surface area contributed by atoms with E-state index < -0.39 is 10.1 Å². The van der Waals surface area contributed by atoms with Crippen LogP contribution in [0.25, 0.3) is 0 Å². The van der Waals surface area contributed by atoms with Crippen molar-refractivity contribution in [2.75, 3.05) is 12.4 Å². The molecule has 0 heterocycles. The Labute approximate surface area is 158 Å². The van der Waals surface area contributed by atoms with E-state index in [1.807, 2.05) is 0 Å². The molecular weight excluding hydrogens is 332 g/mol. The van der Waals surface area contributed by atoms with Gasteiger partial charge in [-0.25, -0.2) is 0 Å². The molecule has 0 saturated carbocycles. The third-order valence-electron chi connectivity index (χ3n) is 4.76. The van der Waals surface area contributed by atoms with Crippen LogP contribution >= 0.6 is 0 Å². The van der Waals surface area contributed by atoms with Gasteiger partial charge in [-0.05, 0) is 12.8 Å². The zero-order valence-electron chi connectivity index (χ0n) is 17.1. The molecule has 0 aliphatic heterocycles. The zero-order chi connectivity index (χ0) is 18.6. The summed E-state index contributed by atoms with van der Waals surface area (Å²) < 4.78 is 28.7. The fourth-order valence-electron chi connectivity index (χ4n) is 3.07. The Bertz CT molecular complexity index is 352. The van der Waals surface area contributed by atoms with Crippen molar-refractivity contribution in [1.82, 2.24) is 0 Å². The van der Waals surface area contributed by atoms with Gasteiger partial charge in [0.05, 0.1) is 12.4 Å². The van der Waals surface area contributed by atoms with Gasteiger partial charge in [-0.15, -0.1) is 0 Å². The van der Waals surface area contributed by atoms with Crippen molar-refractivity contribution < 1.29 is 12.6 Å². The summed E-state index contributed by atoms with van der Waals surface area (Å²) in [7, 11) is -3.29. The zero-order valence-corrected chi connectivity index (χ0v) is 17.9. The summed E-state index contributed by atoms with van der Waals surface area (Å²) in [6.07, 6.45) is 20.5. The molecule has 0 aromatic rings. The maximum atomic E-state index is 11.8. The van der Waals surface area contributed by atoms with Crippen molar-refractivity contribution >= 4 is 10.1 Å². The van der Waals surface area contributed by atoms with Crippen molar-refractivity contribution in [1.29, 1.82) is 0 Å². The molecule has 0 aromatic carbocycles. The van der Waals surface area contributed by atoms with E-state index in [4.69, 9.17) is 4.18 Å². The first-order valence-electron chi connectivity index (χ1n) is 11.0. The second-order valence-corrected chi connectivity index (χ2v) is 9.15. The topological polar surface area (TPSA) is 43.4 Å². The lowest BCUT2D eigenvalue weighted by Crippen LogP contribution is -2.11. The van der Waals surface area contributed by atoms with Crippen LogP contribution in [0.1, 0.15) is 123 Å². The van der Waals surface area contributed by atoms with Crippen LogP contribution in [0.3, 0.4) is 0 Å². The normalized spacial score (nSPS) is 11.9. The molecule has 4 heteroatoms. The minimum atomic E-state index is -3.29. The molecule has 0 radical (unpaired) electrons. The first kappa shape index (κ1) is 24.9. The maximum Gasteiger partial charge on any atom is 0.267 e. The SMILES string of the molecule is CCCCCCCCCCCCCOS(=O)(=O)CCCCCCCC. The highest BCUT2D eigenvalue weighted by Gasteiger charge is 2.10. The molecule has 152 valence electrons. The average Bonchev–Trinajstić information content (AvgIpc) is 2.59. The van der Waals surface area contributed by atoms with E-state index in [2.05, 4.69) is 13.8 Å². The van der Waals surface area contributed by atoms with E-state index >= 15 is 0 Å². The van der Waals surface area contributed by atoms with Crippen LogP contribution in [0.2, 0.25) is 0 Å². The van der Waals surface area contributed by atoms with Crippen LogP contribution in [0, 0.1) is 0 Å². The van der Waals surface area contributed by atoms with Gasteiger partial charge >= 0.3 is 0 Å². The lowest BCUT2D eigenvalue weighted by molar-refractivity contribution is 0.305. The summed E-state index contributed by atoms with van der Waals surface area (Å²) in [5.41, 5.74) is 0. The van der Waals surface area contributed by atoms with Crippen LogP contribution in [-0.4, -0.2) is 20.8 Å². The minimum absolute atomic E-state index is 0.192. The molecule has 0 fully saturated rings. The molecule has 0 aliphatic carbocycles. The summed E-state index contributed by atoms with van der Waals surface area (Å²) >= 11 is 0. The molecule has 0 amide bonds. The fourth-order valence-corrected chi connectivity index (χ4v) is 4.12. The van der Waals surface area contributed by atoms with Crippen molar-refractivity contribution in [3.63, 3.8) is 0 Å². The summed E-state index contributed by atoms with van der Waals surface area (Å²) in [6.45, 7) is 4.81. The first-order valence-corrected chi connectivity index (χ1v) is 12.6. The summed E-state index contributed by atoms with van der Waals surface area (Å²) in [6, 6.07) is 0. The maximum absolute atomic E-state index is 11.8. The van der Waals surface area contributed by atoms with Crippen molar-refractivity contribution in [2.24, 2.45) is 0 Å². The van der Waals surface area contributed by atoms with E-state index in [1.165, 1.54) is 77.0 Å². The predicted molar refractivity (Wildman–Crippen MR) is 110 cm³/mol. The largest absolute Gasteiger partial charge is 0.270 e. The second-order valence-electron chi connectivity index (χ2n) is 7.39. The molecule has 0 saturated heterocycles. The highest BCUT2D eigenvalue weighted by atomic mass is 32.2. The van der Waals surface area contributed by atoms with E-state index in [-0.39, 0.29) is 5.75 Å². The van der Waals surface area contributed by atoms with E-state index in [0.29, 0.717) is 6.61 Å². The predicted octanol–water partition coefficient (Wildman–Crippen LogP) is 7.00. The highest BCUT2D eigenvalue weighted by Crippen LogP contribution is 2.12. The Morgan fingerprint density at radius 3 is 1.32 bits per heavy atom. The first-order chi connectivity index (χ1) is 12.1. The van der Waals surface area contributed by atoms with Crippen LogP contribution in [0.4, 0.5) is 0 Å². The van der Waals surface area contributed by atoms with Gasteiger partial charge in [0.2, 0.25) is 0 Å². The molecule has 0 aliphatic rings. The lowest BCUT2D eigenvalue weighted by atomic mass is 10.1. The molecule has 3 nitrogen and oxygen atoms in total. The number of hydrogen-bond donors (Lipinski definition) is 0. The van der Waals surface area contributed by atoms with Gasteiger partial charge in [0.25, 0.3) is 10.1 Å². The molecular formula is C21H44O3S. The fraction of sp³-hybridized carbons (Fsp3) is 1.00. The van der Waals surface area contributed by atoms with E-state index in [0.717, 1.165) is 32.1 Å². The smallest absolute Gasteiger partial charge is 0.267 e. The van der Waals surface area contributed by atoms with E-state index in [9.17, 15) is 8.42 Å². The summed E-state index contributed by atoms with van der Waals surface area (Å²) in [5, 5.41) is 0. The van der Waals surface area contributed by atoms with Crippen LogP contribution in [-0.2, 0) is 14.3 Å². The second kappa shape index (κ2) is 18.7. The van der Waals surface area contributed by atoms with Gasteiger partial charge in [-0.3, -0.25) is 4.18 Å². The molecule has 0 atom stereocenters. The van der Waals surface area contributed by atoms with Gasteiger partial charge in [0.1, 0.15) is 0 Å². The Morgan fingerprint density at radius 2 is 0.880 bits per heavy atom. The van der Waals surface area contributed by atoms with Crippen LogP contribution < -0.4 is 0 Å². The number of rotatable bonds is 20. The molecule has 0 N–H and O–H groups in total. The van der Waals surface area contributed by atoms with Crippen LogP contribution in [0.5, 0.6) is 0 Å².